The number of hydrogen-bond acceptors (Lipinski definition) is 3. The molecule has 1 aromatic carbocycles. The van der Waals surface area contributed by atoms with Crippen molar-refractivity contribution < 1.29 is 4.74 Å². The molecule has 0 aliphatic carbocycles. The molecule has 0 aromatic heterocycles. The summed E-state index contributed by atoms with van der Waals surface area (Å²) >= 11 is 0. The molecule has 1 aromatic rings. The molecule has 0 radical (unpaired) electrons. The van der Waals surface area contributed by atoms with Gasteiger partial charge in [0.25, 0.3) is 0 Å². The van der Waals surface area contributed by atoms with Crippen molar-refractivity contribution in [2.45, 2.75) is 26.8 Å². The molecular formula is C15H26N2O. The van der Waals surface area contributed by atoms with Crippen molar-refractivity contribution in [3.8, 4) is 0 Å². The minimum Gasteiger partial charge on any atom is -0.380 e. The first kappa shape index (κ1) is 15.0. The molecule has 0 spiro atoms. The van der Waals surface area contributed by atoms with Crippen molar-refractivity contribution in [1.29, 1.82) is 0 Å². The van der Waals surface area contributed by atoms with Gasteiger partial charge < -0.3 is 15.0 Å². The Morgan fingerprint density at radius 2 is 2.00 bits per heavy atom. The Balaban J connectivity index is 2.74. The van der Waals surface area contributed by atoms with Gasteiger partial charge in [-0.1, -0.05) is 25.1 Å². The molecule has 0 aliphatic rings. The first-order valence-electron chi connectivity index (χ1n) is 6.81. The van der Waals surface area contributed by atoms with Crippen LogP contribution >= 0.6 is 0 Å². The van der Waals surface area contributed by atoms with Crippen molar-refractivity contribution >= 4 is 5.69 Å². The molecule has 0 heterocycles. The fraction of sp³-hybridized carbons (Fsp3) is 0.600. The molecule has 0 aliphatic heterocycles. The van der Waals surface area contributed by atoms with Crippen molar-refractivity contribution in [1.82, 2.24) is 5.32 Å². The molecule has 102 valence electrons. The van der Waals surface area contributed by atoms with Gasteiger partial charge in [0.05, 0.1) is 6.61 Å². The van der Waals surface area contributed by atoms with E-state index in [1.54, 1.807) is 0 Å². The molecular weight excluding hydrogens is 224 g/mol. The molecule has 0 bridgehead atoms. The molecule has 1 atom stereocenters. The molecule has 1 N–H and O–H groups in total. The standard InChI is InChI=1S/C15H26N2O/c1-5-16-13(3)14-9-7-8-10-15(14)17(4)11-12-18-6-2/h7-10,13,16H,5-6,11-12H2,1-4H3. The summed E-state index contributed by atoms with van der Waals surface area (Å²) in [4.78, 5) is 2.26. The number of benzene rings is 1. The lowest BCUT2D eigenvalue weighted by Crippen LogP contribution is -2.26. The minimum atomic E-state index is 0.376. The zero-order valence-electron chi connectivity index (χ0n) is 12.1. The fourth-order valence-corrected chi connectivity index (χ4v) is 2.08. The first-order chi connectivity index (χ1) is 8.70. The van der Waals surface area contributed by atoms with Gasteiger partial charge >= 0.3 is 0 Å². The monoisotopic (exact) mass is 250 g/mol. The van der Waals surface area contributed by atoms with Crippen molar-refractivity contribution in [3.05, 3.63) is 29.8 Å². The van der Waals surface area contributed by atoms with E-state index >= 15 is 0 Å². The molecule has 18 heavy (non-hydrogen) atoms. The van der Waals surface area contributed by atoms with Crippen LogP contribution in [0, 0.1) is 0 Å². The second kappa shape index (κ2) is 8.11. The van der Waals surface area contributed by atoms with Crippen LogP contribution in [0.3, 0.4) is 0 Å². The fourth-order valence-electron chi connectivity index (χ4n) is 2.08. The molecule has 3 heteroatoms. The van der Waals surface area contributed by atoms with Crippen molar-refractivity contribution in [2.24, 2.45) is 0 Å². The molecule has 0 fully saturated rings. The number of rotatable bonds is 8. The van der Waals surface area contributed by atoms with E-state index in [9.17, 15) is 0 Å². The highest BCUT2D eigenvalue weighted by atomic mass is 16.5. The van der Waals surface area contributed by atoms with Gasteiger partial charge in [-0.15, -0.1) is 0 Å². The average Bonchev–Trinajstić information content (AvgIpc) is 2.39. The second-order valence-electron chi connectivity index (χ2n) is 4.46. The van der Waals surface area contributed by atoms with Crippen LogP contribution in [0.2, 0.25) is 0 Å². The van der Waals surface area contributed by atoms with Crippen LogP contribution in [0.15, 0.2) is 24.3 Å². The molecule has 0 saturated heterocycles. The highest BCUT2D eigenvalue weighted by molar-refractivity contribution is 5.54. The van der Waals surface area contributed by atoms with Crippen LogP contribution in [0.4, 0.5) is 5.69 Å². The number of likely N-dealkylation sites (N-methyl/N-ethyl adjacent to an activating group) is 1. The molecule has 0 saturated carbocycles. The summed E-state index contributed by atoms with van der Waals surface area (Å²) in [6.07, 6.45) is 0. The lowest BCUT2D eigenvalue weighted by atomic mass is 10.1. The number of anilines is 1. The van der Waals surface area contributed by atoms with Gasteiger partial charge in [0, 0.05) is 31.9 Å². The number of ether oxygens (including phenoxy) is 1. The zero-order valence-corrected chi connectivity index (χ0v) is 12.1. The van der Waals surface area contributed by atoms with Crippen LogP contribution in [0.5, 0.6) is 0 Å². The van der Waals surface area contributed by atoms with E-state index in [1.807, 2.05) is 6.92 Å². The van der Waals surface area contributed by atoms with Crippen LogP contribution in [-0.4, -0.2) is 33.4 Å². The van der Waals surface area contributed by atoms with E-state index in [0.29, 0.717) is 6.04 Å². The Kier molecular flexibility index (Phi) is 6.76. The van der Waals surface area contributed by atoms with E-state index < -0.39 is 0 Å². The van der Waals surface area contributed by atoms with Crippen molar-refractivity contribution in [2.75, 3.05) is 38.3 Å². The average molecular weight is 250 g/mol. The summed E-state index contributed by atoms with van der Waals surface area (Å²) in [6.45, 7) is 9.83. The predicted octanol–water partition coefficient (Wildman–Crippen LogP) is 2.83. The zero-order chi connectivity index (χ0) is 13.4. The third kappa shape index (κ3) is 4.31. The third-order valence-electron chi connectivity index (χ3n) is 3.10. The van der Waals surface area contributed by atoms with Gasteiger partial charge in [-0.2, -0.15) is 0 Å². The van der Waals surface area contributed by atoms with Gasteiger partial charge in [0.15, 0.2) is 0 Å². The molecule has 1 rings (SSSR count). The maximum absolute atomic E-state index is 5.42. The lowest BCUT2D eigenvalue weighted by molar-refractivity contribution is 0.154. The Morgan fingerprint density at radius 1 is 1.28 bits per heavy atom. The SMILES string of the molecule is CCNC(C)c1ccccc1N(C)CCOCC. The maximum atomic E-state index is 5.42. The van der Waals surface area contributed by atoms with Crippen LogP contribution in [0.1, 0.15) is 32.4 Å². The summed E-state index contributed by atoms with van der Waals surface area (Å²) in [5.41, 5.74) is 2.63. The highest BCUT2D eigenvalue weighted by Crippen LogP contribution is 2.25. The van der Waals surface area contributed by atoms with E-state index in [1.165, 1.54) is 11.3 Å². The van der Waals surface area contributed by atoms with Crippen molar-refractivity contribution in [3.63, 3.8) is 0 Å². The van der Waals surface area contributed by atoms with E-state index in [0.717, 1.165) is 26.3 Å². The topological polar surface area (TPSA) is 24.5 Å². The van der Waals surface area contributed by atoms with Crippen LogP contribution < -0.4 is 10.2 Å². The minimum absolute atomic E-state index is 0.376. The Morgan fingerprint density at radius 3 is 2.67 bits per heavy atom. The maximum Gasteiger partial charge on any atom is 0.0641 e. The molecule has 1 unspecified atom stereocenters. The highest BCUT2D eigenvalue weighted by Gasteiger charge is 2.11. The smallest absolute Gasteiger partial charge is 0.0641 e. The Labute approximate surface area is 111 Å². The summed E-state index contributed by atoms with van der Waals surface area (Å²) in [7, 11) is 2.12. The number of nitrogens with one attached hydrogen (secondary N) is 1. The number of para-hydroxylation sites is 1. The normalized spacial score (nSPS) is 12.4. The summed E-state index contributed by atoms with van der Waals surface area (Å²) in [6, 6.07) is 8.94. The van der Waals surface area contributed by atoms with Gasteiger partial charge in [-0.05, 0) is 32.0 Å². The van der Waals surface area contributed by atoms with Gasteiger partial charge in [-0.3, -0.25) is 0 Å². The Hall–Kier alpha value is -1.06. The van der Waals surface area contributed by atoms with Gasteiger partial charge in [0.1, 0.15) is 0 Å². The number of hydrogen-bond donors (Lipinski definition) is 1. The van der Waals surface area contributed by atoms with Crippen LogP contribution in [0.25, 0.3) is 0 Å². The van der Waals surface area contributed by atoms with E-state index in [4.69, 9.17) is 4.74 Å². The summed E-state index contributed by atoms with van der Waals surface area (Å²) in [5.74, 6) is 0. The quantitative estimate of drug-likeness (QED) is 0.718. The summed E-state index contributed by atoms with van der Waals surface area (Å²) in [5, 5.41) is 3.47. The van der Waals surface area contributed by atoms with Crippen LogP contribution in [-0.2, 0) is 4.74 Å². The van der Waals surface area contributed by atoms with Gasteiger partial charge in [-0.25, -0.2) is 0 Å². The first-order valence-corrected chi connectivity index (χ1v) is 6.81. The largest absolute Gasteiger partial charge is 0.380 e. The molecule has 3 nitrogen and oxygen atoms in total. The predicted molar refractivity (Wildman–Crippen MR) is 78.3 cm³/mol. The van der Waals surface area contributed by atoms with E-state index in [2.05, 4.69) is 55.4 Å². The summed E-state index contributed by atoms with van der Waals surface area (Å²) < 4.78 is 5.42. The second-order valence-corrected chi connectivity index (χ2v) is 4.46. The Bertz CT molecular complexity index is 341. The third-order valence-corrected chi connectivity index (χ3v) is 3.10. The molecule has 0 amide bonds. The van der Waals surface area contributed by atoms with Gasteiger partial charge in [0.2, 0.25) is 0 Å². The number of nitrogens with zero attached hydrogens (tertiary/aromatic N) is 1. The van der Waals surface area contributed by atoms with E-state index in [-0.39, 0.29) is 0 Å². The lowest BCUT2D eigenvalue weighted by Gasteiger charge is -2.25.